The maximum atomic E-state index is 13.6. The van der Waals surface area contributed by atoms with Crippen LogP contribution in [-0.4, -0.2) is 22.6 Å². The molecule has 2 heterocycles. The number of hydrogen-bond donors (Lipinski definition) is 1. The summed E-state index contributed by atoms with van der Waals surface area (Å²) in [7, 11) is 1.06. The van der Waals surface area contributed by atoms with Gasteiger partial charge in [-0.15, -0.1) is 4.72 Å². The van der Waals surface area contributed by atoms with Crippen LogP contribution in [0.25, 0.3) is 10.9 Å². The molecule has 0 unspecified atom stereocenters. The molecular weight excluding hydrogens is 493 g/mol. The van der Waals surface area contributed by atoms with Crippen LogP contribution < -0.4 is 9.46 Å². The Hall–Kier alpha value is -2.36. The molecule has 0 aliphatic carbocycles. The lowest BCUT2D eigenvalue weighted by Crippen LogP contribution is -2.41. The number of ether oxygens (including phenoxy) is 1. The first kappa shape index (κ1) is 26.3. The molecule has 0 amide bonds. The van der Waals surface area contributed by atoms with Crippen molar-refractivity contribution >= 4 is 30.2 Å². The van der Waals surface area contributed by atoms with Crippen LogP contribution in [0.4, 0.5) is 0 Å². The number of allylic oxidation sites excluding steroid dienone is 2. The minimum Gasteiger partial charge on any atom is -0.598 e. The van der Waals surface area contributed by atoms with Gasteiger partial charge in [-0.3, -0.25) is 0 Å². The Morgan fingerprint density at radius 2 is 1.49 bits per heavy atom. The van der Waals surface area contributed by atoms with Crippen molar-refractivity contribution in [3.05, 3.63) is 113 Å². The molecule has 1 N–H and O–H groups in total. The molecule has 0 saturated carbocycles. The van der Waals surface area contributed by atoms with Crippen LogP contribution in [0, 0.1) is 5.41 Å². The minimum atomic E-state index is -1.24. The Morgan fingerprint density at radius 1 is 0.919 bits per heavy atom. The average Bonchev–Trinajstić information content (AvgIpc) is 3.35. The van der Waals surface area contributed by atoms with Gasteiger partial charge < -0.3 is 9.29 Å². The molecule has 3 aromatic carbocycles. The zero-order chi connectivity index (χ0) is 26.4. The highest BCUT2D eigenvalue weighted by Crippen LogP contribution is 2.79. The van der Waals surface area contributed by atoms with Gasteiger partial charge in [-0.25, -0.2) is 0 Å². The highest BCUT2D eigenvalue weighted by molar-refractivity contribution is 7.90. The maximum Gasteiger partial charge on any atom is 0.136 e. The van der Waals surface area contributed by atoms with E-state index in [2.05, 4.69) is 91.4 Å². The van der Waals surface area contributed by atoms with Crippen LogP contribution in [-0.2, 0) is 11.4 Å². The van der Waals surface area contributed by atoms with Crippen molar-refractivity contribution in [3.63, 3.8) is 0 Å². The molecular formula is C32H36NO2PS. The fraction of sp³-hybridized carbons (Fsp3) is 0.312. The summed E-state index contributed by atoms with van der Waals surface area (Å²) in [4.78, 5) is 0. The minimum absolute atomic E-state index is 0.0663. The van der Waals surface area contributed by atoms with Crippen LogP contribution >= 0.6 is 7.92 Å². The predicted molar refractivity (Wildman–Crippen MR) is 159 cm³/mol. The van der Waals surface area contributed by atoms with Gasteiger partial charge in [-0.1, -0.05) is 85.3 Å². The third-order valence-electron chi connectivity index (χ3n) is 7.64. The van der Waals surface area contributed by atoms with Gasteiger partial charge in [0.1, 0.15) is 16.5 Å². The second-order valence-corrected chi connectivity index (χ2v) is 15.2. The van der Waals surface area contributed by atoms with E-state index in [9.17, 15) is 4.55 Å². The van der Waals surface area contributed by atoms with E-state index < -0.39 is 19.3 Å². The number of hydrogen-bond acceptors (Lipinski definition) is 3. The number of rotatable bonds is 7. The lowest BCUT2D eigenvalue weighted by Gasteiger charge is -2.36. The Balaban J connectivity index is 1.74. The monoisotopic (exact) mass is 529 g/mol. The summed E-state index contributed by atoms with van der Waals surface area (Å²) in [5, 5.41) is 2.88. The SMILES string of the molecule is COc1ccc([C@@H](N[S@@+]([O-])C(C)(C)C)C2=C(c3ccccc3)[C@]3(C)C[P@@]2C(c2ccccc2)=C3C)cc1. The van der Waals surface area contributed by atoms with Gasteiger partial charge in [0, 0.05) is 16.8 Å². The number of fused-ring (bicyclic) bond motifs is 2. The summed E-state index contributed by atoms with van der Waals surface area (Å²) < 4.78 is 22.3. The van der Waals surface area contributed by atoms with Gasteiger partial charge in [0.05, 0.1) is 7.11 Å². The van der Waals surface area contributed by atoms with E-state index in [0.717, 1.165) is 17.5 Å². The molecule has 192 valence electrons. The molecule has 0 radical (unpaired) electrons. The molecule has 5 heteroatoms. The van der Waals surface area contributed by atoms with E-state index in [0.29, 0.717) is 0 Å². The van der Waals surface area contributed by atoms with Gasteiger partial charge in [-0.05, 0) is 86.8 Å². The largest absolute Gasteiger partial charge is 0.598 e. The molecule has 5 rings (SSSR count). The van der Waals surface area contributed by atoms with E-state index in [-0.39, 0.29) is 16.2 Å². The first-order valence-electron chi connectivity index (χ1n) is 12.8. The highest BCUT2D eigenvalue weighted by Gasteiger charge is 2.54. The van der Waals surface area contributed by atoms with Crippen molar-refractivity contribution in [2.75, 3.05) is 13.3 Å². The van der Waals surface area contributed by atoms with Gasteiger partial charge in [0.15, 0.2) is 0 Å². The topological polar surface area (TPSA) is 44.3 Å². The normalized spacial score (nSPS) is 22.9. The van der Waals surface area contributed by atoms with Crippen molar-refractivity contribution in [3.8, 4) is 5.75 Å². The quantitative estimate of drug-likeness (QED) is 0.248. The van der Waals surface area contributed by atoms with Gasteiger partial charge in [-0.2, -0.15) is 0 Å². The Bertz CT molecular complexity index is 1330. The molecule has 2 bridgehead atoms. The Labute approximate surface area is 226 Å². The molecule has 4 atom stereocenters. The standard InChI is InChI=1S/C32H36NO2PS/c1-22-29(25-15-11-8-12-16-25)36-21-32(22,5)27(23-13-9-7-10-14-23)30(36)28(33-37(34)31(2,3)4)24-17-19-26(35-6)20-18-24/h7-20,28,33H,21H2,1-6H3/t28-,32-,36+,37+/m1/s1. The molecule has 0 fully saturated rings. The van der Waals surface area contributed by atoms with E-state index in [1.54, 1.807) is 7.11 Å². The molecule has 0 spiro atoms. The molecule has 0 saturated heterocycles. The third kappa shape index (κ3) is 4.70. The van der Waals surface area contributed by atoms with Gasteiger partial charge in [0.2, 0.25) is 0 Å². The fourth-order valence-corrected chi connectivity index (χ4v) is 10.4. The van der Waals surface area contributed by atoms with E-state index in [1.165, 1.54) is 32.9 Å². The van der Waals surface area contributed by atoms with Crippen molar-refractivity contribution in [2.24, 2.45) is 5.41 Å². The molecule has 37 heavy (non-hydrogen) atoms. The summed E-state index contributed by atoms with van der Waals surface area (Å²) >= 11 is -1.24. The number of nitrogens with one attached hydrogen (secondary N) is 1. The van der Waals surface area contributed by atoms with Crippen LogP contribution in [0.5, 0.6) is 5.75 Å². The lowest BCUT2D eigenvalue weighted by molar-refractivity contribution is 0.414. The second-order valence-electron chi connectivity index (χ2n) is 11.1. The summed E-state index contributed by atoms with van der Waals surface area (Å²) in [5.41, 5.74) is 6.49. The Morgan fingerprint density at radius 3 is 2.03 bits per heavy atom. The van der Waals surface area contributed by atoms with Crippen LogP contribution in [0.15, 0.2) is 95.8 Å². The lowest BCUT2D eigenvalue weighted by atomic mass is 9.73. The van der Waals surface area contributed by atoms with Crippen molar-refractivity contribution < 1.29 is 9.29 Å². The van der Waals surface area contributed by atoms with Gasteiger partial charge >= 0.3 is 0 Å². The van der Waals surface area contributed by atoms with E-state index >= 15 is 0 Å². The molecule has 3 nitrogen and oxygen atoms in total. The van der Waals surface area contributed by atoms with E-state index in [4.69, 9.17) is 4.74 Å². The molecule has 3 aromatic rings. The number of benzene rings is 3. The Kier molecular flexibility index (Phi) is 7.15. The smallest absolute Gasteiger partial charge is 0.136 e. The molecule has 0 aromatic heterocycles. The van der Waals surface area contributed by atoms with Crippen LogP contribution in [0.2, 0.25) is 0 Å². The summed E-state index contributed by atoms with van der Waals surface area (Å²) in [6.07, 6.45) is 1.09. The van der Waals surface area contributed by atoms with Crippen molar-refractivity contribution in [2.45, 2.75) is 45.4 Å². The maximum absolute atomic E-state index is 13.6. The van der Waals surface area contributed by atoms with E-state index in [1.807, 2.05) is 32.9 Å². The average molecular weight is 530 g/mol. The van der Waals surface area contributed by atoms with Gasteiger partial charge in [0.25, 0.3) is 0 Å². The summed E-state index contributed by atoms with van der Waals surface area (Å²) in [6, 6.07) is 29.7. The second kappa shape index (κ2) is 10.1. The molecule has 2 aliphatic heterocycles. The summed E-state index contributed by atoms with van der Waals surface area (Å²) in [5.74, 6) is 0.822. The first-order valence-corrected chi connectivity index (χ1v) is 15.5. The highest BCUT2D eigenvalue weighted by atomic mass is 32.2. The fourth-order valence-electron chi connectivity index (χ4n) is 5.57. The van der Waals surface area contributed by atoms with Crippen LogP contribution in [0.3, 0.4) is 0 Å². The predicted octanol–water partition coefficient (Wildman–Crippen LogP) is 8.15. The zero-order valence-electron chi connectivity index (χ0n) is 22.5. The van der Waals surface area contributed by atoms with Crippen molar-refractivity contribution in [1.82, 2.24) is 4.72 Å². The van der Waals surface area contributed by atoms with Crippen LogP contribution in [0.1, 0.15) is 57.4 Å². The first-order chi connectivity index (χ1) is 17.6. The molecule has 2 aliphatic rings. The third-order valence-corrected chi connectivity index (χ3v) is 12.3. The zero-order valence-corrected chi connectivity index (χ0v) is 24.3. The number of methoxy groups -OCH3 is 1. The van der Waals surface area contributed by atoms with Crippen molar-refractivity contribution in [1.29, 1.82) is 0 Å². The summed E-state index contributed by atoms with van der Waals surface area (Å²) in [6.45, 7) is 10.8.